The number of aromatic nitrogens is 2. The summed E-state index contributed by atoms with van der Waals surface area (Å²) in [7, 11) is 0. The van der Waals surface area contributed by atoms with Gasteiger partial charge in [-0.1, -0.05) is 10.6 Å². The van der Waals surface area contributed by atoms with Crippen LogP contribution in [0.15, 0.2) is 18.2 Å². The summed E-state index contributed by atoms with van der Waals surface area (Å²) < 4.78 is 29.7. The SMILES string of the molecule is Cc1nnsc1C(=O)Cc1ccc(F)cc1F. The van der Waals surface area contributed by atoms with Gasteiger partial charge in [0.25, 0.3) is 0 Å². The third-order valence-corrected chi connectivity index (χ3v) is 3.14. The van der Waals surface area contributed by atoms with Gasteiger partial charge in [-0.3, -0.25) is 4.79 Å². The van der Waals surface area contributed by atoms with Crippen molar-refractivity contribution in [2.24, 2.45) is 0 Å². The minimum Gasteiger partial charge on any atom is -0.293 e. The van der Waals surface area contributed by atoms with Gasteiger partial charge in [-0.2, -0.15) is 0 Å². The van der Waals surface area contributed by atoms with E-state index in [0.717, 1.165) is 23.7 Å². The fourth-order valence-corrected chi connectivity index (χ4v) is 2.00. The van der Waals surface area contributed by atoms with Crippen LogP contribution in [0.25, 0.3) is 0 Å². The number of aryl methyl sites for hydroxylation is 1. The molecule has 1 heterocycles. The third kappa shape index (κ3) is 2.52. The van der Waals surface area contributed by atoms with Crippen LogP contribution in [-0.2, 0) is 6.42 Å². The highest BCUT2D eigenvalue weighted by atomic mass is 32.1. The smallest absolute Gasteiger partial charge is 0.180 e. The van der Waals surface area contributed by atoms with Gasteiger partial charge in [0.05, 0.1) is 5.69 Å². The van der Waals surface area contributed by atoms with E-state index in [9.17, 15) is 13.6 Å². The van der Waals surface area contributed by atoms with Gasteiger partial charge in [0.1, 0.15) is 16.5 Å². The van der Waals surface area contributed by atoms with Gasteiger partial charge in [0, 0.05) is 12.5 Å². The van der Waals surface area contributed by atoms with Crippen molar-refractivity contribution in [3.8, 4) is 0 Å². The zero-order chi connectivity index (χ0) is 12.4. The molecule has 0 fully saturated rings. The normalized spacial score (nSPS) is 10.5. The summed E-state index contributed by atoms with van der Waals surface area (Å²) in [5.41, 5.74) is 0.701. The molecular formula is C11H8F2N2OS. The third-order valence-electron chi connectivity index (χ3n) is 2.27. The second-order valence-corrected chi connectivity index (χ2v) is 4.28. The van der Waals surface area contributed by atoms with E-state index in [1.54, 1.807) is 6.92 Å². The second-order valence-electron chi connectivity index (χ2n) is 3.52. The number of rotatable bonds is 3. The minimum atomic E-state index is -0.714. The van der Waals surface area contributed by atoms with Crippen molar-refractivity contribution in [3.05, 3.63) is 46.0 Å². The van der Waals surface area contributed by atoms with Gasteiger partial charge in [-0.25, -0.2) is 8.78 Å². The number of benzene rings is 1. The zero-order valence-corrected chi connectivity index (χ0v) is 9.72. The number of nitrogens with zero attached hydrogens (tertiary/aromatic N) is 2. The summed E-state index contributed by atoms with van der Waals surface area (Å²) >= 11 is 0.979. The van der Waals surface area contributed by atoms with Crippen molar-refractivity contribution in [2.75, 3.05) is 0 Å². The predicted octanol–water partition coefficient (Wildman–Crippen LogP) is 2.55. The molecule has 0 saturated carbocycles. The second kappa shape index (κ2) is 4.67. The Morgan fingerprint density at radius 1 is 1.41 bits per heavy atom. The first kappa shape index (κ1) is 11.8. The van der Waals surface area contributed by atoms with E-state index >= 15 is 0 Å². The molecule has 0 aliphatic rings. The summed E-state index contributed by atoms with van der Waals surface area (Å²) in [6.45, 7) is 1.66. The Balaban J connectivity index is 2.22. The van der Waals surface area contributed by atoms with Crippen LogP contribution in [0.3, 0.4) is 0 Å². The Morgan fingerprint density at radius 3 is 2.76 bits per heavy atom. The minimum absolute atomic E-state index is 0.114. The topological polar surface area (TPSA) is 42.9 Å². The summed E-state index contributed by atoms with van der Waals surface area (Å²) in [6, 6.07) is 3.16. The first-order chi connectivity index (χ1) is 8.08. The summed E-state index contributed by atoms with van der Waals surface area (Å²) in [5, 5.41) is 3.71. The van der Waals surface area contributed by atoms with Crippen LogP contribution in [0.4, 0.5) is 8.78 Å². The molecule has 0 unspecified atom stereocenters. The van der Waals surface area contributed by atoms with Crippen LogP contribution in [0.2, 0.25) is 0 Å². The Morgan fingerprint density at radius 2 is 2.18 bits per heavy atom. The van der Waals surface area contributed by atoms with Crippen molar-refractivity contribution < 1.29 is 13.6 Å². The molecule has 2 rings (SSSR count). The molecule has 0 aliphatic heterocycles. The number of carbonyl (C=O) groups is 1. The fourth-order valence-electron chi connectivity index (χ4n) is 1.40. The lowest BCUT2D eigenvalue weighted by molar-refractivity contribution is 0.0995. The molecule has 17 heavy (non-hydrogen) atoms. The van der Waals surface area contributed by atoms with Gasteiger partial charge < -0.3 is 0 Å². The number of hydrogen-bond donors (Lipinski definition) is 0. The van der Waals surface area contributed by atoms with Crippen molar-refractivity contribution in [1.29, 1.82) is 0 Å². The number of halogens is 2. The molecule has 0 atom stereocenters. The molecule has 1 aromatic heterocycles. The van der Waals surface area contributed by atoms with Gasteiger partial charge in [-0.05, 0) is 30.1 Å². The Labute approximate surface area is 100 Å². The van der Waals surface area contributed by atoms with Crippen LogP contribution >= 0.6 is 11.5 Å². The number of carbonyl (C=O) groups excluding carboxylic acids is 1. The lowest BCUT2D eigenvalue weighted by Crippen LogP contribution is -2.05. The molecule has 3 nitrogen and oxygen atoms in total. The fraction of sp³-hybridized carbons (Fsp3) is 0.182. The van der Waals surface area contributed by atoms with E-state index in [0.29, 0.717) is 10.6 Å². The summed E-state index contributed by atoms with van der Waals surface area (Å²) in [6.07, 6.45) is -0.114. The van der Waals surface area contributed by atoms with E-state index in [1.807, 2.05) is 0 Å². The molecule has 0 aliphatic carbocycles. The summed E-state index contributed by atoms with van der Waals surface area (Å²) in [5.74, 6) is -1.63. The van der Waals surface area contributed by atoms with E-state index in [2.05, 4.69) is 9.59 Å². The van der Waals surface area contributed by atoms with Crippen LogP contribution < -0.4 is 0 Å². The number of hydrogen-bond acceptors (Lipinski definition) is 4. The molecule has 0 bridgehead atoms. The van der Waals surface area contributed by atoms with E-state index in [-0.39, 0.29) is 17.8 Å². The number of ketones is 1. The van der Waals surface area contributed by atoms with Crippen molar-refractivity contribution in [1.82, 2.24) is 9.59 Å². The quantitative estimate of drug-likeness (QED) is 0.790. The standard InChI is InChI=1S/C11H8F2N2OS/c1-6-11(17-15-14-6)10(16)4-7-2-3-8(12)5-9(7)13/h2-3,5H,4H2,1H3. The van der Waals surface area contributed by atoms with Crippen LogP contribution in [0.1, 0.15) is 20.9 Å². The van der Waals surface area contributed by atoms with Gasteiger partial charge in [0.2, 0.25) is 0 Å². The van der Waals surface area contributed by atoms with Crippen LogP contribution in [0.5, 0.6) is 0 Å². The lowest BCUT2D eigenvalue weighted by atomic mass is 10.1. The molecule has 88 valence electrons. The first-order valence-electron chi connectivity index (χ1n) is 4.84. The van der Waals surface area contributed by atoms with Crippen molar-refractivity contribution in [3.63, 3.8) is 0 Å². The monoisotopic (exact) mass is 254 g/mol. The molecule has 0 saturated heterocycles. The van der Waals surface area contributed by atoms with Crippen LogP contribution in [0, 0.1) is 18.6 Å². The molecule has 0 N–H and O–H groups in total. The molecule has 1 aromatic carbocycles. The van der Waals surface area contributed by atoms with E-state index < -0.39 is 11.6 Å². The van der Waals surface area contributed by atoms with Gasteiger partial charge >= 0.3 is 0 Å². The molecule has 0 radical (unpaired) electrons. The highest BCUT2D eigenvalue weighted by molar-refractivity contribution is 7.08. The largest absolute Gasteiger partial charge is 0.293 e. The molecular weight excluding hydrogens is 246 g/mol. The van der Waals surface area contributed by atoms with Crippen LogP contribution in [-0.4, -0.2) is 15.4 Å². The van der Waals surface area contributed by atoms with Crippen molar-refractivity contribution in [2.45, 2.75) is 13.3 Å². The zero-order valence-electron chi connectivity index (χ0n) is 8.91. The maximum atomic E-state index is 13.3. The lowest BCUT2D eigenvalue weighted by Gasteiger charge is -2.01. The highest BCUT2D eigenvalue weighted by Gasteiger charge is 2.15. The van der Waals surface area contributed by atoms with Gasteiger partial charge in [-0.15, -0.1) is 5.10 Å². The molecule has 0 amide bonds. The van der Waals surface area contributed by atoms with Gasteiger partial charge in [0.15, 0.2) is 5.78 Å². The van der Waals surface area contributed by atoms with E-state index in [4.69, 9.17) is 0 Å². The van der Waals surface area contributed by atoms with E-state index in [1.165, 1.54) is 6.07 Å². The highest BCUT2D eigenvalue weighted by Crippen LogP contribution is 2.16. The molecule has 0 spiro atoms. The first-order valence-corrected chi connectivity index (χ1v) is 5.61. The molecule has 6 heteroatoms. The van der Waals surface area contributed by atoms with Crippen molar-refractivity contribution >= 4 is 17.3 Å². The molecule has 2 aromatic rings. The summed E-state index contributed by atoms with van der Waals surface area (Å²) in [4.78, 5) is 12.2. The predicted molar refractivity (Wildman–Crippen MR) is 59.0 cm³/mol. The Kier molecular flexibility index (Phi) is 3.23. The average Bonchev–Trinajstić information content (AvgIpc) is 2.68. The number of Topliss-reactive ketones (excluding diaryl/α,β-unsaturated/α-hetero) is 1. The average molecular weight is 254 g/mol. The maximum absolute atomic E-state index is 13.3. The Hall–Kier alpha value is -1.69. The Bertz CT molecular complexity index is 568. The maximum Gasteiger partial charge on any atom is 0.180 e.